The van der Waals surface area contributed by atoms with Crippen LogP contribution in [-0.4, -0.2) is 5.11 Å². The molecule has 21 heavy (non-hydrogen) atoms. The lowest BCUT2D eigenvalue weighted by Crippen LogP contribution is -1.93. The molecule has 0 aliphatic rings. The molecule has 0 aromatic heterocycles. The van der Waals surface area contributed by atoms with Gasteiger partial charge in [-0.3, -0.25) is 0 Å². The van der Waals surface area contributed by atoms with Crippen molar-refractivity contribution in [2.45, 2.75) is 39.2 Å². The van der Waals surface area contributed by atoms with Crippen LogP contribution in [0.3, 0.4) is 0 Å². The largest absolute Gasteiger partial charge is 0.456 e. The van der Waals surface area contributed by atoms with Crippen molar-refractivity contribution in [2.24, 2.45) is 0 Å². The van der Waals surface area contributed by atoms with Gasteiger partial charge in [0.2, 0.25) is 0 Å². The molecular formula is C18H21BrO2. The zero-order valence-corrected chi connectivity index (χ0v) is 14.2. The summed E-state index contributed by atoms with van der Waals surface area (Å²) in [7, 11) is 0. The summed E-state index contributed by atoms with van der Waals surface area (Å²) in [5, 5.41) is 9.57. The molecule has 2 rings (SSSR count). The summed E-state index contributed by atoms with van der Waals surface area (Å²) < 4.78 is 6.72. The molecule has 2 atom stereocenters. The Bertz CT molecular complexity index is 591. The van der Waals surface area contributed by atoms with Gasteiger partial charge in [-0.05, 0) is 70.6 Å². The Hall–Kier alpha value is -1.32. The molecule has 1 N–H and O–H groups in total. The summed E-state index contributed by atoms with van der Waals surface area (Å²) in [4.78, 5) is 0. The van der Waals surface area contributed by atoms with Gasteiger partial charge < -0.3 is 9.84 Å². The van der Waals surface area contributed by atoms with Gasteiger partial charge in [0.1, 0.15) is 11.5 Å². The average Bonchev–Trinajstić information content (AvgIpc) is 2.49. The smallest absolute Gasteiger partial charge is 0.141 e. The van der Waals surface area contributed by atoms with Gasteiger partial charge in [0, 0.05) is 0 Å². The van der Waals surface area contributed by atoms with Gasteiger partial charge in [0.15, 0.2) is 0 Å². The van der Waals surface area contributed by atoms with Crippen LogP contribution in [0, 0.1) is 0 Å². The van der Waals surface area contributed by atoms with Gasteiger partial charge in [-0.2, -0.15) is 0 Å². The Kier molecular flexibility index (Phi) is 5.43. The third-order valence-electron chi connectivity index (χ3n) is 3.73. The summed E-state index contributed by atoms with van der Waals surface area (Å²) in [6.07, 6.45) is 0.650. The number of ether oxygens (including phenoxy) is 1. The molecule has 2 aromatic carbocycles. The second kappa shape index (κ2) is 7.10. The Labute approximate surface area is 134 Å². The van der Waals surface area contributed by atoms with Crippen LogP contribution in [0.1, 0.15) is 50.3 Å². The first-order valence-corrected chi connectivity index (χ1v) is 8.06. The zero-order valence-electron chi connectivity index (χ0n) is 12.6. The molecule has 0 heterocycles. The summed E-state index contributed by atoms with van der Waals surface area (Å²) in [5.74, 6) is 2.12. The number of aliphatic hydroxyl groups excluding tert-OH is 1. The van der Waals surface area contributed by atoms with Gasteiger partial charge in [-0.25, -0.2) is 0 Å². The minimum atomic E-state index is -0.481. The molecule has 112 valence electrons. The van der Waals surface area contributed by atoms with Crippen molar-refractivity contribution in [3.8, 4) is 11.5 Å². The van der Waals surface area contributed by atoms with Crippen molar-refractivity contribution in [3.63, 3.8) is 0 Å². The minimum absolute atomic E-state index is 0.481. The van der Waals surface area contributed by atoms with E-state index in [1.165, 1.54) is 5.56 Å². The van der Waals surface area contributed by atoms with Crippen LogP contribution in [0.2, 0.25) is 0 Å². The molecule has 2 nitrogen and oxygen atoms in total. The molecule has 0 bridgehead atoms. The van der Waals surface area contributed by atoms with E-state index in [-0.39, 0.29) is 0 Å². The molecule has 2 aromatic rings. The standard InChI is InChI=1S/C18H21BrO2/c1-4-12(2)14-5-8-16(9-6-14)21-18-10-7-15(13(3)20)11-17(18)19/h5-13,20H,4H2,1-3H3. The Morgan fingerprint density at radius 2 is 1.67 bits per heavy atom. The fourth-order valence-corrected chi connectivity index (χ4v) is 2.56. The summed E-state index contributed by atoms with van der Waals surface area (Å²) >= 11 is 3.49. The molecular weight excluding hydrogens is 328 g/mol. The molecule has 3 heteroatoms. The SMILES string of the molecule is CCC(C)c1ccc(Oc2ccc(C(C)O)cc2Br)cc1. The van der Waals surface area contributed by atoms with E-state index in [0.717, 1.165) is 28.0 Å². The fraction of sp³-hybridized carbons (Fsp3) is 0.333. The summed E-state index contributed by atoms with van der Waals surface area (Å²) in [6.45, 7) is 6.16. The van der Waals surface area contributed by atoms with E-state index < -0.39 is 6.10 Å². The number of hydrogen-bond donors (Lipinski definition) is 1. The first kappa shape index (κ1) is 16.1. The maximum absolute atomic E-state index is 9.57. The van der Waals surface area contributed by atoms with Crippen LogP contribution >= 0.6 is 15.9 Å². The van der Waals surface area contributed by atoms with Crippen LogP contribution in [0.15, 0.2) is 46.9 Å². The molecule has 0 radical (unpaired) electrons. The zero-order chi connectivity index (χ0) is 15.4. The van der Waals surface area contributed by atoms with Crippen LogP contribution in [-0.2, 0) is 0 Å². The van der Waals surface area contributed by atoms with E-state index in [1.54, 1.807) is 6.92 Å². The van der Waals surface area contributed by atoms with Crippen molar-refractivity contribution in [3.05, 3.63) is 58.1 Å². The third kappa shape index (κ3) is 4.08. The lowest BCUT2D eigenvalue weighted by atomic mass is 9.99. The monoisotopic (exact) mass is 348 g/mol. The van der Waals surface area contributed by atoms with E-state index in [9.17, 15) is 5.11 Å². The maximum atomic E-state index is 9.57. The number of halogens is 1. The highest BCUT2D eigenvalue weighted by Gasteiger charge is 2.08. The van der Waals surface area contributed by atoms with Crippen molar-refractivity contribution in [2.75, 3.05) is 0 Å². The Morgan fingerprint density at radius 3 is 2.19 bits per heavy atom. The molecule has 0 saturated heterocycles. The maximum Gasteiger partial charge on any atom is 0.141 e. The lowest BCUT2D eigenvalue weighted by molar-refractivity contribution is 0.199. The second-order valence-corrected chi connectivity index (χ2v) is 6.20. The predicted molar refractivity (Wildman–Crippen MR) is 90.0 cm³/mol. The van der Waals surface area contributed by atoms with E-state index in [2.05, 4.69) is 41.9 Å². The molecule has 2 unspecified atom stereocenters. The highest BCUT2D eigenvalue weighted by molar-refractivity contribution is 9.10. The number of aliphatic hydroxyl groups is 1. The molecule has 0 fully saturated rings. The number of rotatable bonds is 5. The number of benzene rings is 2. The van der Waals surface area contributed by atoms with E-state index in [0.29, 0.717) is 5.92 Å². The van der Waals surface area contributed by atoms with E-state index >= 15 is 0 Å². The highest BCUT2D eigenvalue weighted by Crippen LogP contribution is 2.32. The molecule has 0 saturated carbocycles. The lowest BCUT2D eigenvalue weighted by Gasteiger charge is -2.12. The van der Waals surface area contributed by atoms with Crippen molar-refractivity contribution < 1.29 is 9.84 Å². The topological polar surface area (TPSA) is 29.5 Å². The average molecular weight is 349 g/mol. The van der Waals surface area contributed by atoms with Crippen molar-refractivity contribution in [1.82, 2.24) is 0 Å². The first-order valence-electron chi connectivity index (χ1n) is 7.26. The Balaban J connectivity index is 2.15. The summed E-state index contributed by atoms with van der Waals surface area (Å²) in [6, 6.07) is 13.8. The van der Waals surface area contributed by atoms with Crippen molar-refractivity contribution >= 4 is 15.9 Å². The van der Waals surface area contributed by atoms with Gasteiger partial charge in [0.05, 0.1) is 10.6 Å². The van der Waals surface area contributed by atoms with Gasteiger partial charge in [-0.1, -0.05) is 32.0 Å². The van der Waals surface area contributed by atoms with Crippen LogP contribution in [0.5, 0.6) is 11.5 Å². The minimum Gasteiger partial charge on any atom is -0.456 e. The first-order chi connectivity index (χ1) is 10.0. The molecule has 0 spiro atoms. The summed E-state index contributed by atoms with van der Waals surface area (Å²) in [5.41, 5.74) is 2.19. The predicted octanol–water partition coefficient (Wildman–Crippen LogP) is 5.81. The van der Waals surface area contributed by atoms with Crippen LogP contribution in [0.25, 0.3) is 0 Å². The normalized spacial score (nSPS) is 13.8. The quantitative estimate of drug-likeness (QED) is 0.738. The molecule has 0 aliphatic heterocycles. The number of hydrogen-bond acceptors (Lipinski definition) is 2. The van der Waals surface area contributed by atoms with Gasteiger partial charge in [-0.15, -0.1) is 0 Å². The van der Waals surface area contributed by atoms with Crippen LogP contribution in [0.4, 0.5) is 0 Å². The fourth-order valence-electron chi connectivity index (χ4n) is 2.09. The van der Waals surface area contributed by atoms with E-state index in [1.807, 2.05) is 30.3 Å². The molecule has 0 amide bonds. The van der Waals surface area contributed by atoms with Gasteiger partial charge in [0.25, 0.3) is 0 Å². The second-order valence-electron chi connectivity index (χ2n) is 5.35. The molecule has 0 aliphatic carbocycles. The van der Waals surface area contributed by atoms with Crippen LogP contribution < -0.4 is 4.74 Å². The van der Waals surface area contributed by atoms with Gasteiger partial charge >= 0.3 is 0 Å². The Morgan fingerprint density at radius 1 is 1.05 bits per heavy atom. The highest BCUT2D eigenvalue weighted by atomic mass is 79.9. The third-order valence-corrected chi connectivity index (χ3v) is 4.35. The van der Waals surface area contributed by atoms with Crippen molar-refractivity contribution in [1.29, 1.82) is 0 Å². The van der Waals surface area contributed by atoms with E-state index in [4.69, 9.17) is 4.74 Å².